The van der Waals surface area contributed by atoms with Crippen LogP contribution in [0.4, 0.5) is 17.1 Å². The lowest BCUT2D eigenvalue weighted by Gasteiger charge is -2.32. The average Bonchev–Trinajstić information content (AvgIpc) is 3.66. The number of fused-ring (bicyclic) bond motifs is 10. The van der Waals surface area contributed by atoms with Gasteiger partial charge in [0.15, 0.2) is 0 Å². The van der Waals surface area contributed by atoms with E-state index >= 15 is 0 Å². The second kappa shape index (κ2) is 11.8. The molecule has 0 saturated carbocycles. The summed E-state index contributed by atoms with van der Waals surface area (Å²) in [5.41, 5.74) is 21.1. The number of rotatable bonds is 5. The molecule has 0 radical (unpaired) electrons. The molecule has 0 amide bonds. The smallest absolute Gasteiger partial charge is 0.0726 e. The van der Waals surface area contributed by atoms with Crippen molar-refractivity contribution in [1.82, 2.24) is 0 Å². The monoisotopic (exact) mass is 663 g/mol. The highest BCUT2D eigenvalue weighted by atomic mass is 15.1. The van der Waals surface area contributed by atoms with Crippen LogP contribution in [0.5, 0.6) is 0 Å². The molecule has 0 N–H and O–H groups in total. The summed E-state index contributed by atoms with van der Waals surface area (Å²) in [6.07, 6.45) is 0. The molecule has 0 aromatic heterocycles. The van der Waals surface area contributed by atoms with Crippen LogP contribution in [0.2, 0.25) is 0 Å². The van der Waals surface area contributed by atoms with Crippen molar-refractivity contribution in [3.8, 4) is 44.5 Å². The fourth-order valence-electron chi connectivity index (χ4n) is 8.96. The summed E-state index contributed by atoms with van der Waals surface area (Å²) in [7, 11) is 0. The van der Waals surface area contributed by atoms with Crippen LogP contribution >= 0.6 is 0 Å². The van der Waals surface area contributed by atoms with Crippen molar-refractivity contribution < 1.29 is 0 Å². The van der Waals surface area contributed by atoms with E-state index in [1.807, 2.05) is 0 Å². The highest BCUT2D eigenvalue weighted by Crippen LogP contribution is 2.65. The fraction of sp³-hybridized carbons (Fsp3) is 0.0588. The van der Waals surface area contributed by atoms with Gasteiger partial charge in [-0.05, 0) is 111 Å². The largest absolute Gasteiger partial charge is 0.310 e. The van der Waals surface area contributed by atoms with E-state index < -0.39 is 5.41 Å². The molecule has 0 fully saturated rings. The van der Waals surface area contributed by atoms with Crippen LogP contribution < -0.4 is 4.90 Å². The van der Waals surface area contributed by atoms with Crippen molar-refractivity contribution in [1.29, 1.82) is 0 Å². The summed E-state index contributed by atoms with van der Waals surface area (Å²) in [5, 5.41) is 0. The molecule has 52 heavy (non-hydrogen) atoms. The van der Waals surface area contributed by atoms with Gasteiger partial charge in [-0.15, -0.1) is 0 Å². The summed E-state index contributed by atoms with van der Waals surface area (Å²) in [6, 6.07) is 69.5. The minimum Gasteiger partial charge on any atom is -0.310 e. The third-order valence-corrected chi connectivity index (χ3v) is 11.2. The van der Waals surface area contributed by atoms with Gasteiger partial charge in [0.2, 0.25) is 0 Å². The maximum atomic E-state index is 2.48. The van der Waals surface area contributed by atoms with Crippen molar-refractivity contribution in [3.05, 3.63) is 221 Å². The Morgan fingerprint density at radius 2 is 0.808 bits per heavy atom. The van der Waals surface area contributed by atoms with E-state index in [4.69, 9.17) is 0 Å². The Morgan fingerprint density at radius 3 is 1.35 bits per heavy atom. The first kappa shape index (κ1) is 30.4. The van der Waals surface area contributed by atoms with Gasteiger partial charge in [-0.3, -0.25) is 0 Å². The topological polar surface area (TPSA) is 3.24 Å². The Hall–Kier alpha value is -6.44. The zero-order valence-corrected chi connectivity index (χ0v) is 29.3. The molecule has 8 aromatic carbocycles. The normalized spacial score (nSPS) is 13.0. The van der Waals surface area contributed by atoms with Crippen molar-refractivity contribution >= 4 is 17.1 Å². The van der Waals surface area contributed by atoms with Crippen LogP contribution in [0.3, 0.4) is 0 Å². The zero-order valence-electron chi connectivity index (χ0n) is 29.3. The van der Waals surface area contributed by atoms with Crippen LogP contribution in [0.15, 0.2) is 188 Å². The first-order chi connectivity index (χ1) is 25.6. The van der Waals surface area contributed by atoms with Crippen LogP contribution in [0.1, 0.15) is 33.4 Å². The molecule has 0 bridgehead atoms. The first-order valence-electron chi connectivity index (χ1n) is 18.2. The molecule has 8 aromatic rings. The van der Waals surface area contributed by atoms with Gasteiger partial charge in [-0.25, -0.2) is 0 Å². The molecular formula is C51H37N. The Kier molecular flexibility index (Phi) is 6.91. The quantitative estimate of drug-likeness (QED) is 0.177. The van der Waals surface area contributed by atoms with E-state index in [-0.39, 0.29) is 0 Å². The van der Waals surface area contributed by atoms with Crippen molar-refractivity contribution in [2.24, 2.45) is 0 Å². The summed E-state index contributed by atoms with van der Waals surface area (Å²) in [5.74, 6) is 0. The van der Waals surface area contributed by atoms with Crippen molar-refractivity contribution in [2.45, 2.75) is 19.3 Å². The van der Waals surface area contributed by atoms with Crippen LogP contribution in [0.25, 0.3) is 44.5 Å². The molecule has 0 aliphatic heterocycles. The van der Waals surface area contributed by atoms with Gasteiger partial charge >= 0.3 is 0 Å². The van der Waals surface area contributed by atoms with Gasteiger partial charge < -0.3 is 4.90 Å². The standard InChI is InChI=1S/C51H37N/c1-34-21-30-44-47(31-34)51(45-19-11-9-17-42(45)43-18-10-12-20-46(43)51)48-32-35(2)33-49(50(44)48)52(40-26-22-38(23-27-40)36-13-5-3-6-14-36)41-28-24-39(25-29-41)37-15-7-4-8-16-37/h3-33H,1-2H3. The predicted molar refractivity (Wildman–Crippen MR) is 218 cm³/mol. The number of anilines is 3. The Morgan fingerprint density at radius 1 is 0.346 bits per heavy atom. The number of aryl methyl sites for hydroxylation is 2. The van der Waals surface area contributed by atoms with Crippen LogP contribution in [0, 0.1) is 13.8 Å². The van der Waals surface area contributed by atoms with Gasteiger partial charge in [0, 0.05) is 16.9 Å². The lowest BCUT2D eigenvalue weighted by atomic mass is 9.70. The Bertz CT molecular complexity index is 2490. The Balaban J connectivity index is 1.25. The van der Waals surface area contributed by atoms with E-state index in [1.54, 1.807) is 0 Å². The number of hydrogen-bond donors (Lipinski definition) is 0. The SMILES string of the molecule is Cc1ccc2c(c1)C1(c3ccccc3-c3ccccc31)c1cc(C)cc(N(c3ccc(-c4ccccc4)cc3)c3ccc(-c4ccccc4)cc3)c1-2. The van der Waals surface area contributed by atoms with E-state index in [2.05, 4.69) is 207 Å². The van der Waals surface area contributed by atoms with E-state index in [1.165, 1.54) is 83.6 Å². The third kappa shape index (κ3) is 4.49. The molecule has 1 heteroatoms. The van der Waals surface area contributed by atoms with Crippen LogP contribution in [-0.2, 0) is 5.41 Å². The molecule has 2 aliphatic rings. The second-order valence-corrected chi connectivity index (χ2v) is 14.3. The average molecular weight is 664 g/mol. The lowest BCUT2D eigenvalue weighted by molar-refractivity contribution is 0.791. The number of hydrogen-bond acceptors (Lipinski definition) is 1. The maximum Gasteiger partial charge on any atom is 0.0726 e. The highest BCUT2D eigenvalue weighted by molar-refractivity contribution is 6.01. The molecule has 1 spiro atoms. The molecule has 246 valence electrons. The van der Waals surface area contributed by atoms with E-state index in [0.29, 0.717) is 0 Å². The molecule has 10 rings (SSSR count). The van der Waals surface area contributed by atoms with Gasteiger partial charge in [-0.1, -0.05) is 163 Å². The van der Waals surface area contributed by atoms with Gasteiger partial charge in [0.05, 0.1) is 11.1 Å². The minimum absolute atomic E-state index is 0.412. The summed E-state index contributed by atoms with van der Waals surface area (Å²) < 4.78 is 0. The minimum atomic E-state index is -0.412. The molecule has 0 saturated heterocycles. The number of benzene rings is 8. The first-order valence-corrected chi connectivity index (χ1v) is 18.2. The lowest BCUT2D eigenvalue weighted by Crippen LogP contribution is -2.26. The molecule has 0 unspecified atom stereocenters. The van der Waals surface area contributed by atoms with E-state index in [0.717, 1.165) is 11.4 Å². The van der Waals surface area contributed by atoms with Gasteiger partial charge in [0.1, 0.15) is 0 Å². The van der Waals surface area contributed by atoms with Crippen molar-refractivity contribution in [3.63, 3.8) is 0 Å². The third-order valence-electron chi connectivity index (χ3n) is 11.2. The maximum absolute atomic E-state index is 2.48. The van der Waals surface area contributed by atoms with E-state index in [9.17, 15) is 0 Å². The molecule has 1 nitrogen and oxygen atoms in total. The molecule has 0 atom stereocenters. The van der Waals surface area contributed by atoms with Crippen molar-refractivity contribution in [2.75, 3.05) is 4.90 Å². The Labute approximate surface area is 306 Å². The molecule has 0 heterocycles. The number of nitrogens with zero attached hydrogens (tertiary/aromatic N) is 1. The fourth-order valence-corrected chi connectivity index (χ4v) is 8.96. The highest BCUT2D eigenvalue weighted by Gasteiger charge is 2.52. The summed E-state index contributed by atoms with van der Waals surface area (Å²) in [6.45, 7) is 4.48. The second-order valence-electron chi connectivity index (χ2n) is 14.3. The molecule has 2 aliphatic carbocycles. The summed E-state index contributed by atoms with van der Waals surface area (Å²) in [4.78, 5) is 2.48. The summed E-state index contributed by atoms with van der Waals surface area (Å²) >= 11 is 0. The predicted octanol–water partition coefficient (Wildman–Crippen LogP) is 13.5. The molecular weight excluding hydrogens is 627 g/mol. The zero-order chi connectivity index (χ0) is 34.8. The van der Waals surface area contributed by atoms with Gasteiger partial charge in [-0.2, -0.15) is 0 Å². The van der Waals surface area contributed by atoms with Crippen LogP contribution in [-0.4, -0.2) is 0 Å². The van der Waals surface area contributed by atoms with Gasteiger partial charge in [0.25, 0.3) is 0 Å².